The lowest BCUT2D eigenvalue weighted by Crippen LogP contribution is -2.19. The molecule has 0 amide bonds. The molecule has 4 N–H and O–H groups in total. The molecule has 0 aliphatic carbocycles. The molecule has 2 heteroatoms. The van der Waals surface area contributed by atoms with Crippen molar-refractivity contribution in [2.24, 2.45) is 23.3 Å². The fraction of sp³-hybridized carbons (Fsp3) is 0.571. The van der Waals surface area contributed by atoms with Gasteiger partial charge in [0.25, 0.3) is 0 Å². The monoisotopic (exact) mass is 220 g/mol. The normalized spacial score (nSPS) is 15.5. The molecule has 1 rings (SSSR count). The van der Waals surface area contributed by atoms with E-state index in [0.717, 1.165) is 0 Å². The summed E-state index contributed by atoms with van der Waals surface area (Å²) in [6, 6.07) is 8.56. The molecule has 0 aliphatic rings. The first-order chi connectivity index (χ1) is 7.43. The molecule has 0 saturated carbocycles. The van der Waals surface area contributed by atoms with Gasteiger partial charge in [0.05, 0.1) is 0 Å². The molecule has 1 aromatic rings. The second-order valence-corrected chi connectivity index (χ2v) is 5.21. The molecule has 0 spiro atoms. The van der Waals surface area contributed by atoms with E-state index in [0.29, 0.717) is 11.8 Å². The van der Waals surface area contributed by atoms with Crippen molar-refractivity contribution >= 4 is 0 Å². The molecule has 2 atom stereocenters. The highest BCUT2D eigenvalue weighted by molar-refractivity contribution is 5.28. The number of nitrogens with two attached hydrogens (primary N) is 2. The third-order valence-electron chi connectivity index (χ3n) is 3.12. The van der Waals surface area contributed by atoms with Gasteiger partial charge in [-0.3, -0.25) is 0 Å². The van der Waals surface area contributed by atoms with Crippen LogP contribution >= 0.6 is 0 Å². The number of rotatable bonds is 4. The summed E-state index contributed by atoms with van der Waals surface area (Å²) in [5.41, 5.74) is 14.7. The van der Waals surface area contributed by atoms with Gasteiger partial charge >= 0.3 is 0 Å². The molecule has 0 radical (unpaired) electrons. The maximum atomic E-state index is 6.14. The minimum atomic E-state index is 0.0966. The van der Waals surface area contributed by atoms with Gasteiger partial charge in [0, 0.05) is 12.1 Å². The second kappa shape index (κ2) is 5.46. The summed E-state index contributed by atoms with van der Waals surface area (Å²) in [6.07, 6.45) is 0. The first-order valence-corrected chi connectivity index (χ1v) is 6.04. The lowest BCUT2D eigenvalue weighted by molar-refractivity contribution is 0.502. The summed E-state index contributed by atoms with van der Waals surface area (Å²) in [7, 11) is 0. The van der Waals surface area contributed by atoms with E-state index in [2.05, 4.69) is 52.0 Å². The highest BCUT2D eigenvalue weighted by Gasteiger charge is 2.14. The Morgan fingerprint density at radius 2 is 1.19 bits per heavy atom. The predicted molar refractivity (Wildman–Crippen MR) is 70.0 cm³/mol. The molecule has 1 aromatic carbocycles. The molecule has 16 heavy (non-hydrogen) atoms. The molecule has 0 bridgehead atoms. The zero-order valence-corrected chi connectivity index (χ0v) is 10.8. The van der Waals surface area contributed by atoms with Crippen molar-refractivity contribution in [1.29, 1.82) is 0 Å². The maximum Gasteiger partial charge on any atom is 0.0318 e. The van der Waals surface area contributed by atoms with E-state index in [1.54, 1.807) is 0 Å². The van der Waals surface area contributed by atoms with E-state index in [-0.39, 0.29) is 12.1 Å². The number of hydrogen-bond donors (Lipinski definition) is 2. The minimum Gasteiger partial charge on any atom is -0.324 e. The molecular formula is C14H24N2. The largest absolute Gasteiger partial charge is 0.324 e. The quantitative estimate of drug-likeness (QED) is 0.819. The Kier molecular flexibility index (Phi) is 4.51. The Labute approximate surface area is 99.0 Å². The van der Waals surface area contributed by atoms with Crippen LogP contribution < -0.4 is 11.5 Å². The summed E-state index contributed by atoms with van der Waals surface area (Å²) >= 11 is 0. The average Bonchev–Trinajstić information content (AvgIpc) is 2.26. The van der Waals surface area contributed by atoms with Gasteiger partial charge in [0.1, 0.15) is 0 Å². The first kappa shape index (κ1) is 13.2. The van der Waals surface area contributed by atoms with Crippen LogP contribution in [0.2, 0.25) is 0 Å². The van der Waals surface area contributed by atoms with Crippen LogP contribution in [0.25, 0.3) is 0 Å². The molecule has 0 aromatic heterocycles. The van der Waals surface area contributed by atoms with Crippen molar-refractivity contribution in [3.63, 3.8) is 0 Å². The van der Waals surface area contributed by atoms with Gasteiger partial charge in [-0.2, -0.15) is 0 Å². The van der Waals surface area contributed by atoms with Crippen LogP contribution in [0.4, 0.5) is 0 Å². The Morgan fingerprint density at radius 3 is 1.50 bits per heavy atom. The van der Waals surface area contributed by atoms with Crippen LogP contribution in [0.15, 0.2) is 24.3 Å². The zero-order valence-electron chi connectivity index (χ0n) is 10.8. The second-order valence-electron chi connectivity index (χ2n) is 5.21. The summed E-state index contributed by atoms with van der Waals surface area (Å²) < 4.78 is 0. The van der Waals surface area contributed by atoms with Crippen LogP contribution in [-0.2, 0) is 0 Å². The van der Waals surface area contributed by atoms with Crippen molar-refractivity contribution in [1.82, 2.24) is 0 Å². The van der Waals surface area contributed by atoms with Gasteiger partial charge in [-0.15, -0.1) is 0 Å². The van der Waals surface area contributed by atoms with Crippen molar-refractivity contribution in [2.75, 3.05) is 0 Å². The lowest BCUT2D eigenvalue weighted by atomic mass is 9.91. The van der Waals surface area contributed by atoms with Crippen LogP contribution in [0.5, 0.6) is 0 Å². The topological polar surface area (TPSA) is 52.0 Å². The van der Waals surface area contributed by atoms with Gasteiger partial charge < -0.3 is 11.5 Å². The van der Waals surface area contributed by atoms with Gasteiger partial charge in [0.2, 0.25) is 0 Å². The number of benzene rings is 1. The fourth-order valence-corrected chi connectivity index (χ4v) is 1.74. The summed E-state index contributed by atoms with van der Waals surface area (Å²) in [4.78, 5) is 0. The van der Waals surface area contributed by atoms with Crippen LogP contribution in [-0.4, -0.2) is 0 Å². The Hall–Kier alpha value is -0.860. The molecule has 2 nitrogen and oxygen atoms in total. The van der Waals surface area contributed by atoms with Crippen LogP contribution in [0.3, 0.4) is 0 Å². The third-order valence-corrected chi connectivity index (χ3v) is 3.12. The summed E-state index contributed by atoms with van der Waals surface area (Å²) in [5, 5.41) is 0. The molecule has 0 saturated heterocycles. The summed E-state index contributed by atoms with van der Waals surface area (Å²) in [5.74, 6) is 0.899. The number of hydrogen-bond acceptors (Lipinski definition) is 2. The molecule has 90 valence electrons. The summed E-state index contributed by atoms with van der Waals surface area (Å²) in [6.45, 7) is 8.55. The van der Waals surface area contributed by atoms with Crippen LogP contribution in [0.1, 0.15) is 50.9 Å². The van der Waals surface area contributed by atoms with Crippen molar-refractivity contribution in [3.8, 4) is 0 Å². The molecule has 0 heterocycles. The Bertz CT molecular complexity index is 302. The third kappa shape index (κ3) is 3.06. The van der Waals surface area contributed by atoms with Crippen molar-refractivity contribution in [2.45, 2.75) is 39.8 Å². The molecule has 0 fully saturated rings. The van der Waals surface area contributed by atoms with E-state index in [9.17, 15) is 0 Å². The Balaban J connectivity index is 2.95. The highest BCUT2D eigenvalue weighted by Crippen LogP contribution is 2.24. The smallest absolute Gasteiger partial charge is 0.0318 e. The van der Waals surface area contributed by atoms with E-state index in [4.69, 9.17) is 11.5 Å². The predicted octanol–water partition coefficient (Wildman–Crippen LogP) is 3.00. The lowest BCUT2D eigenvalue weighted by Gasteiger charge is -2.20. The maximum absolute atomic E-state index is 6.14. The van der Waals surface area contributed by atoms with Gasteiger partial charge in [-0.25, -0.2) is 0 Å². The first-order valence-electron chi connectivity index (χ1n) is 6.04. The van der Waals surface area contributed by atoms with E-state index >= 15 is 0 Å². The van der Waals surface area contributed by atoms with E-state index < -0.39 is 0 Å². The van der Waals surface area contributed by atoms with Gasteiger partial charge in [-0.05, 0) is 23.0 Å². The van der Waals surface area contributed by atoms with E-state index in [1.165, 1.54) is 11.1 Å². The van der Waals surface area contributed by atoms with Crippen LogP contribution in [0, 0.1) is 11.8 Å². The SMILES string of the molecule is CC(C)C(N)c1cccc(C(N)C(C)C)c1. The standard InChI is InChI=1S/C14H24N2/c1-9(2)13(15)11-6-5-7-12(8-11)14(16)10(3)4/h5-10,13-14H,15-16H2,1-4H3. The Morgan fingerprint density at radius 1 is 0.812 bits per heavy atom. The molecule has 0 aliphatic heterocycles. The van der Waals surface area contributed by atoms with Crippen molar-refractivity contribution < 1.29 is 0 Å². The van der Waals surface area contributed by atoms with Gasteiger partial charge in [-0.1, -0.05) is 52.0 Å². The zero-order chi connectivity index (χ0) is 12.3. The molecule has 2 unspecified atom stereocenters. The van der Waals surface area contributed by atoms with E-state index in [1.807, 2.05) is 0 Å². The van der Waals surface area contributed by atoms with Gasteiger partial charge in [0.15, 0.2) is 0 Å². The fourth-order valence-electron chi connectivity index (χ4n) is 1.74. The average molecular weight is 220 g/mol. The minimum absolute atomic E-state index is 0.0966. The molecular weight excluding hydrogens is 196 g/mol. The highest BCUT2D eigenvalue weighted by atomic mass is 14.7. The van der Waals surface area contributed by atoms with Crippen molar-refractivity contribution in [3.05, 3.63) is 35.4 Å².